The number of anilines is 2. The van der Waals surface area contributed by atoms with Crippen LogP contribution in [0.4, 0.5) is 24.5 Å². The van der Waals surface area contributed by atoms with Crippen molar-refractivity contribution in [2.75, 3.05) is 10.8 Å². The number of halogens is 3. The summed E-state index contributed by atoms with van der Waals surface area (Å²) in [5.41, 5.74) is 0.680. The van der Waals surface area contributed by atoms with E-state index in [0.717, 1.165) is 12.5 Å². The van der Waals surface area contributed by atoms with E-state index in [-0.39, 0.29) is 11.7 Å². The summed E-state index contributed by atoms with van der Waals surface area (Å²) in [6, 6.07) is 3.74. The molecule has 1 aromatic carbocycles. The lowest BCUT2D eigenvalue weighted by atomic mass is 10.1. The number of nitrogens with one attached hydrogen (secondary N) is 2. The molecule has 3 nitrogen and oxygen atoms in total. The van der Waals surface area contributed by atoms with Gasteiger partial charge in [-0.2, -0.15) is 13.2 Å². The Morgan fingerprint density at radius 2 is 2.00 bits per heavy atom. The van der Waals surface area contributed by atoms with E-state index < -0.39 is 11.7 Å². The molecule has 17 heavy (non-hydrogen) atoms. The number of alkyl halides is 3. The highest BCUT2D eigenvalue weighted by Crippen LogP contribution is 2.36. The summed E-state index contributed by atoms with van der Waals surface area (Å²) >= 11 is 0. The molecule has 0 amide bonds. The monoisotopic (exact) mass is 248 g/mol. The molecule has 0 saturated carbocycles. The van der Waals surface area contributed by atoms with Gasteiger partial charge in [0.1, 0.15) is 0 Å². The Morgan fingerprint density at radius 3 is 2.47 bits per heavy atom. The Morgan fingerprint density at radius 1 is 1.35 bits per heavy atom. The lowest BCUT2D eigenvalue weighted by Gasteiger charge is -2.17. The van der Waals surface area contributed by atoms with E-state index in [1.165, 1.54) is 12.1 Å². The molecule has 1 atom stereocenters. The lowest BCUT2D eigenvalue weighted by Crippen LogP contribution is -2.15. The molecule has 0 aromatic heterocycles. The minimum Gasteiger partial charge on any atom is -0.383 e. The van der Waals surface area contributed by atoms with Crippen molar-refractivity contribution >= 4 is 11.4 Å². The van der Waals surface area contributed by atoms with E-state index >= 15 is 0 Å². The topological polar surface area (TPSA) is 44.3 Å². The van der Waals surface area contributed by atoms with Gasteiger partial charge < -0.3 is 5.32 Å². The summed E-state index contributed by atoms with van der Waals surface area (Å²) in [5.74, 6) is 0. The first-order valence-corrected chi connectivity index (χ1v) is 5.26. The molecule has 0 fully saturated rings. The fourth-order valence-corrected chi connectivity index (χ4v) is 1.35. The van der Waals surface area contributed by atoms with Gasteiger partial charge in [-0.3, -0.25) is 10.7 Å². The number of benzene rings is 1. The first kappa shape index (κ1) is 13.6. The highest BCUT2D eigenvalue weighted by atomic mass is 19.4. The molecule has 0 saturated heterocycles. The standard InChI is InChI=1S/C11H15F3N2O/c1-3-7(2)15-8-4-5-10(16-17)9(6-8)11(12,13)14/h4-7,15-17H,3H2,1-2H3. The van der Waals surface area contributed by atoms with Crippen molar-refractivity contribution in [3.05, 3.63) is 23.8 Å². The zero-order valence-electron chi connectivity index (χ0n) is 9.60. The number of hydrogen-bond donors (Lipinski definition) is 3. The fraction of sp³-hybridized carbons (Fsp3) is 0.455. The SMILES string of the molecule is CCC(C)Nc1ccc(NO)c(C(F)(F)F)c1. The predicted octanol–water partition coefficient (Wildman–Crippen LogP) is 3.72. The van der Waals surface area contributed by atoms with Crippen LogP contribution in [0.25, 0.3) is 0 Å². The van der Waals surface area contributed by atoms with E-state index in [0.29, 0.717) is 5.69 Å². The van der Waals surface area contributed by atoms with Crippen LogP contribution in [0.3, 0.4) is 0 Å². The van der Waals surface area contributed by atoms with Crippen molar-refractivity contribution in [1.29, 1.82) is 0 Å². The normalized spacial score (nSPS) is 13.3. The van der Waals surface area contributed by atoms with Gasteiger partial charge in [0.2, 0.25) is 0 Å². The van der Waals surface area contributed by atoms with Crippen molar-refractivity contribution in [2.24, 2.45) is 0 Å². The Kier molecular flexibility index (Phi) is 4.22. The van der Waals surface area contributed by atoms with Crippen LogP contribution in [0.15, 0.2) is 18.2 Å². The average molecular weight is 248 g/mol. The molecule has 6 heteroatoms. The van der Waals surface area contributed by atoms with Crippen molar-refractivity contribution in [1.82, 2.24) is 0 Å². The van der Waals surface area contributed by atoms with E-state index in [4.69, 9.17) is 5.21 Å². The smallest absolute Gasteiger partial charge is 0.383 e. The summed E-state index contributed by atoms with van der Waals surface area (Å²) in [6.45, 7) is 3.82. The second kappa shape index (κ2) is 5.27. The van der Waals surface area contributed by atoms with Crippen LogP contribution in [-0.4, -0.2) is 11.2 Å². The summed E-state index contributed by atoms with van der Waals surface area (Å²) in [6.07, 6.45) is -3.69. The molecular formula is C11H15F3N2O. The molecule has 96 valence electrons. The Hall–Kier alpha value is -1.43. The van der Waals surface area contributed by atoms with Crippen LogP contribution >= 0.6 is 0 Å². The molecule has 1 unspecified atom stereocenters. The maximum absolute atomic E-state index is 12.7. The maximum Gasteiger partial charge on any atom is 0.418 e. The fourth-order valence-electron chi connectivity index (χ4n) is 1.35. The Labute approximate surface area is 97.6 Å². The molecule has 0 aliphatic carbocycles. The first-order chi connectivity index (χ1) is 7.88. The van der Waals surface area contributed by atoms with Crippen LogP contribution in [0, 0.1) is 0 Å². The van der Waals surface area contributed by atoms with Gasteiger partial charge in [0.15, 0.2) is 0 Å². The summed E-state index contributed by atoms with van der Waals surface area (Å²) in [5, 5.41) is 11.6. The van der Waals surface area contributed by atoms with Crippen LogP contribution in [0.1, 0.15) is 25.8 Å². The quantitative estimate of drug-likeness (QED) is 0.711. The highest BCUT2D eigenvalue weighted by Gasteiger charge is 2.33. The molecular weight excluding hydrogens is 233 g/mol. The first-order valence-electron chi connectivity index (χ1n) is 5.26. The van der Waals surface area contributed by atoms with Gasteiger partial charge in [0, 0.05) is 11.7 Å². The Balaban J connectivity index is 3.05. The highest BCUT2D eigenvalue weighted by molar-refractivity contribution is 5.60. The van der Waals surface area contributed by atoms with Crippen molar-refractivity contribution in [2.45, 2.75) is 32.5 Å². The molecule has 1 rings (SSSR count). The summed E-state index contributed by atoms with van der Waals surface area (Å²) in [4.78, 5) is 0. The van der Waals surface area contributed by atoms with Gasteiger partial charge in [0.05, 0.1) is 11.3 Å². The maximum atomic E-state index is 12.7. The van der Waals surface area contributed by atoms with E-state index in [2.05, 4.69) is 5.32 Å². The van der Waals surface area contributed by atoms with Gasteiger partial charge in [-0.1, -0.05) is 6.92 Å². The molecule has 0 radical (unpaired) electrons. The third kappa shape index (κ3) is 3.52. The molecule has 0 aliphatic rings. The van der Waals surface area contributed by atoms with E-state index in [1.54, 1.807) is 5.48 Å². The molecule has 0 bridgehead atoms. The predicted molar refractivity (Wildman–Crippen MR) is 60.2 cm³/mol. The van der Waals surface area contributed by atoms with Crippen LogP contribution < -0.4 is 10.8 Å². The lowest BCUT2D eigenvalue weighted by molar-refractivity contribution is -0.137. The van der Waals surface area contributed by atoms with Gasteiger partial charge in [-0.05, 0) is 31.5 Å². The van der Waals surface area contributed by atoms with Crippen molar-refractivity contribution in [3.8, 4) is 0 Å². The molecule has 0 spiro atoms. The second-order valence-corrected chi connectivity index (χ2v) is 3.82. The molecule has 3 N–H and O–H groups in total. The van der Waals surface area contributed by atoms with Crippen LogP contribution in [0.2, 0.25) is 0 Å². The average Bonchev–Trinajstić information content (AvgIpc) is 2.27. The van der Waals surface area contributed by atoms with E-state index in [9.17, 15) is 13.2 Å². The van der Waals surface area contributed by atoms with Gasteiger partial charge in [0.25, 0.3) is 0 Å². The minimum atomic E-state index is -4.50. The van der Waals surface area contributed by atoms with Crippen molar-refractivity contribution < 1.29 is 18.4 Å². The van der Waals surface area contributed by atoms with Crippen molar-refractivity contribution in [3.63, 3.8) is 0 Å². The zero-order valence-corrected chi connectivity index (χ0v) is 9.60. The summed E-state index contributed by atoms with van der Waals surface area (Å²) in [7, 11) is 0. The molecule has 1 aromatic rings. The second-order valence-electron chi connectivity index (χ2n) is 3.82. The number of rotatable bonds is 4. The molecule has 0 aliphatic heterocycles. The minimum absolute atomic E-state index is 0.0871. The Bertz CT molecular complexity index is 379. The number of hydrogen-bond acceptors (Lipinski definition) is 3. The van der Waals surface area contributed by atoms with Gasteiger partial charge >= 0.3 is 6.18 Å². The summed E-state index contributed by atoms with van der Waals surface area (Å²) < 4.78 is 38.0. The zero-order chi connectivity index (χ0) is 13.1. The van der Waals surface area contributed by atoms with Crippen LogP contribution in [-0.2, 0) is 6.18 Å². The van der Waals surface area contributed by atoms with Gasteiger partial charge in [-0.15, -0.1) is 0 Å². The third-order valence-corrected chi connectivity index (χ3v) is 2.47. The van der Waals surface area contributed by atoms with E-state index in [1.807, 2.05) is 13.8 Å². The largest absolute Gasteiger partial charge is 0.418 e. The van der Waals surface area contributed by atoms with Gasteiger partial charge in [-0.25, -0.2) is 0 Å². The third-order valence-electron chi connectivity index (χ3n) is 2.47. The molecule has 0 heterocycles. The van der Waals surface area contributed by atoms with Crippen LogP contribution in [0.5, 0.6) is 0 Å².